The van der Waals surface area contributed by atoms with Crippen LogP contribution in [0, 0.1) is 5.92 Å². The summed E-state index contributed by atoms with van der Waals surface area (Å²) < 4.78 is 0. The molecule has 21 heavy (non-hydrogen) atoms. The highest BCUT2D eigenvalue weighted by Gasteiger charge is 2.25. The number of nitrogens with two attached hydrogens (primary N) is 1. The van der Waals surface area contributed by atoms with Gasteiger partial charge in [0.1, 0.15) is 0 Å². The third-order valence-corrected chi connectivity index (χ3v) is 3.82. The largest absolute Gasteiger partial charge is 0.366 e. The normalized spacial score (nSPS) is 19.1. The van der Waals surface area contributed by atoms with Crippen LogP contribution < -0.4 is 11.1 Å². The second kappa shape index (κ2) is 7.04. The third kappa shape index (κ3) is 4.28. The predicted molar refractivity (Wildman–Crippen MR) is 83.5 cm³/mol. The van der Waals surface area contributed by atoms with Crippen molar-refractivity contribution in [3.63, 3.8) is 0 Å². The van der Waals surface area contributed by atoms with E-state index in [9.17, 15) is 4.79 Å². The van der Waals surface area contributed by atoms with Crippen LogP contribution >= 0.6 is 11.6 Å². The fourth-order valence-corrected chi connectivity index (χ4v) is 2.88. The second-order valence-corrected chi connectivity index (χ2v) is 6.25. The zero-order valence-electron chi connectivity index (χ0n) is 12.5. The van der Waals surface area contributed by atoms with Crippen molar-refractivity contribution in [2.75, 3.05) is 25.0 Å². The number of carbonyl (C=O) groups is 1. The van der Waals surface area contributed by atoms with Crippen molar-refractivity contribution in [2.45, 2.75) is 32.7 Å². The number of likely N-dealkylation sites (tertiary alicyclic amines) is 1. The Morgan fingerprint density at radius 3 is 3.00 bits per heavy atom. The highest BCUT2D eigenvalue weighted by atomic mass is 35.5. The molecule has 3 N–H and O–H groups in total. The summed E-state index contributed by atoms with van der Waals surface area (Å²) in [6, 6.07) is 1.89. The Morgan fingerprint density at radius 1 is 1.57 bits per heavy atom. The number of aromatic nitrogens is 2. The van der Waals surface area contributed by atoms with Crippen LogP contribution in [-0.2, 0) is 0 Å². The number of rotatable bonds is 6. The maximum atomic E-state index is 11.4. The standard InChI is InChI=1S/C14H22ClN5O/c1-9(2)8-20-5-3-4-10(20)7-17-14-11(13(16)21)6-12(15)18-19-14/h6,9-10H,3-5,7-8H2,1-2H3,(H2,16,21)(H,17,19)/t10-/m1/s1. The van der Waals surface area contributed by atoms with Gasteiger partial charge in [0.2, 0.25) is 0 Å². The molecule has 1 fully saturated rings. The molecule has 2 rings (SSSR count). The molecule has 0 aromatic carbocycles. The highest BCUT2D eigenvalue weighted by molar-refractivity contribution is 6.29. The first-order chi connectivity index (χ1) is 9.97. The minimum absolute atomic E-state index is 0.164. The molecule has 1 aromatic rings. The molecule has 0 bridgehead atoms. The number of halogens is 1. The lowest BCUT2D eigenvalue weighted by Crippen LogP contribution is -2.37. The smallest absolute Gasteiger partial charge is 0.252 e. The zero-order chi connectivity index (χ0) is 15.4. The number of hydrogen-bond donors (Lipinski definition) is 2. The summed E-state index contributed by atoms with van der Waals surface area (Å²) in [6.45, 7) is 7.38. The van der Waals surface area contributed by atoms with Gasteiger partial charge in [-0.3, -0.25) is 9.69 Å². The summed E-state index contributed by atoms with van der Waals surface area (Å²) in [5, 5.41) is 11.1. The molecule has 0 spiro atoms. The first kappa shape index (κ1) is 16.0. The van der Waals surface area contributed by atoms with Crippen molar-refractivity contribution >= 4 is 23.3 Å². The van der Waals surface area contributed by atoms with Crippen molar-refractivity contribution < 1.29 is 4.79 Å². The van der Waals surface area contributed by atoms with Gasteiger partial charge >= 0.3 is 0 Å². The lowest BCUT2D eigenvalue weighted by atomic mass is 10.1. The van der Waals surface area contributed by atoms with E-state index >= 15 is 0 Å². The van der Waals surface area contributed by atoms with Crippen molar-refractivity contribution in [3.05, 3.63) is 16.8 Å². The monoisotopic (exact) mass is 311 g/mol. The number of hydrogen-bond acceptors (Lipinski definition) is 5. The molecule has 1 aliphatic rings. The maximum Gasteiger partial charge on any atom is 0.252 e. The molecule has 7 heteroatoms. The Hall–Kier alpha value is -1.40. The number of nitrogens with one attached hydrogen (secondary N) is 1. The molecule has 1 aliphatic heterocycles. The van der Waals surface area contributed by atoms with Gasteiger partial charge in [-0.1, -0.05) is 25.4 Å². The molecular formula is C14H22ClN5O. The molecular weight excluding hydrogens is 290 g/mol. The SMILES string of the molecule is CC(C)CN1CCC[C@@H]1CNc1nnc(Cl)cc1C(N)=O. The Morgan fingerprint density at radius 2 is 2.33 bits per heavy atom. The summed E-state index contributed by atoms with van der Waals surface area (Å²) in [5.41, 5.74) is 5.63. The average molecular weight is 312 g/mol. The van der Waals surface area contributed by atoms with E-state index in [1.54, 1.807) is 0 Å². The Labute approximate surface area is 130 Å². The van der Waals surface area contributed by atoms with E-state index in [1.165, 1.54) is 12.5 Å². The summed E-state index contributed by atoms with van der Waals surface area (Å²) in [5.74, 6) is 0.491. The summed E-state index contributed by atoms with van der Waals surface area (Å²) >= 11 is 5.75. The van der Waals surface area contributed by atoms with E-state index in [1.807, 2.05) is 0 Å². The fraction of sp³-hybridized carbons (Fsp3) is 0.643. The molecule has 0 unspecified atom stereocenters. The topological polar surface area (TPSA) is 84.1 Å². The minimum Gasteiger partial charge on any atom is -0.366 e. The van der Waals surface area contributed by atoms with Crippen LogP contribution in [0.2, 0.25) is 5.15 Å². The molecule has 0 saturated carbocycles. The number of primary amides is 1. The van der Waals surface area contributed by atoms with Gasteiger partial charge in [-0.25, -0.2) is 0 Å². The molecule has 6 nitrogen and oxygen atoms in total. The van der Waals surface area contributed by atoms with Gasteiger partial charge in [-0.05, 0) is 31.4 Å². The van der Waals surface area contributed by atoms with Crippen molar-refractivity contribution in [1.82, 2.24) is 15.1 Å². The average Bonchev–Trinajstić information content (AvgIpc) is 2.83. The zero-order valence-corrected chi connectivity index (χ0v) is 13.2. The third-order valence-electron chi connectivity index (χ3n) is 3.63. The van der Waals surface area contributed by atoms with Gasteiger partial charge in [0.05, 0.1) is 5.56 Å². The molecule has 0 radical (unpaired) electrons. The van der Waals surface area contributed by atoms with Crippen LogP contribution in [0.1, 0.15) is 37.0 Å². The summed E-state index contributed by atoms with van der Waals surface area (Å²) in [4.78, 5) is 13.9. The van der Waals surface area contributed by atoms with Crippen molar-refractivity contribution in [3.8, 4) is 0 Å². The number of nitrogens with zero attached hydrogens (tertiary/aromatic N) is 3. The molecule has 0 aliphatic carbocycles. The van der Waals surface area contributed by atoms with Crippen LogP contribution in [0.25, 0.3) is 0 Å². The van der Waals surface area contributed by atoms with Gasteiger partial charge in [0, 0.05) is 19.1 Å². The van der Waals surface area contributed by atoms with E-state index in [2.05, 4.69) is 34.3 Å². The first-order valence-electron chi connectivity index (χ1n) is 7.28. The van der Waals surface area contributed by atoms with Gasteiger partial charge in [-0.2, -0.15) is 0 Å². The Balaban J connectivity index is 2.01. The van der Waals surface area contributed by atoms with E-state index in [0.29, 0.717) is 17.8 Å². The van der Waals surface area contributed by atoms with Gasteiger partial charge < -0.3 is 11.1 Å². The van der Waals surface area contributed by atoms with E-state index in [0.717, 1.165) is 26.1 Å². The fourth-order valence-electron chi connectivity index (χ4n) is 2.74. The van der Waals surface area contributed by atoms with Crippen molar-refractivity contribution in [2.24, 2.45) is 11.7 Å². The van der Waals surface area contributed by atoms with E-state index < -0.39 is 5.91 Å². The van der Waals surface area contributed by atoms with E-state index in [4.69, 9.17) is 17.3 Å². The van der Waals surface area contributed by atoms with Gasteiger partial charge in [0.25, 0.3) is 5.91 Å². The molecule has 1 amide bonds. The van der Waals surface area contributed by atoms with Crippen LogP contribution in [0.4, 0.5) is 5.82 Å². The Kier molecular flexibility index (Phi) is 5.36. The molecule has 1 atom stereocenters. The Bertz CT molecular complexity index is 508. The van der Waals surface area contributed by atoms with Gasteiger partial charge in [-0.15, -0.1) is 10.2 Å². The van der Waals surface area contributed by atoms with Crippen molar-refractivity contribution in [1.29, 1.82) is 0 Å². The molecule has 116 valence electrons. The van der Waals surface area contributed by atoms with Gasteiger partial charge in [0.15, 0.2) is 11.0 Å². The lowest BCUT2D eigenvalue weighted by molar-refractivity contribution is 0.100. The quantitative estimate of drug-likeness (QED) is 0.836. The highest BCUT2D eigenvalue weighted by Crippen LogP contribution is 2.20. The van der Waals surface area contributed by atoms with Crippen LogP contribution in [0.5, 0.6) is 0 Å². The number of amides is 1. The van der Waals surface area contributed by atoms with Crippen LogP contribution in [0.15, 0.2) is 6.07 Å². The lowest BCUT2D eigenvalue weighted by Gasteiger charge is -2.26. The molecule has 1 saturated heterocycles. The maximum absolute atomic E-state index is 11.4. The minimum atomic E-state index is -0.556. The second-order valence-electron chi connectivity index (χ2n) is 5.86. The number of anilines is 1. The molecule has 2 heterocycles. The summed E-state index contributed by atoms with van der Waals surface area (Å²) in [7, 11) is 0. The van der Waals surface area contributed by atoms with Crippen LogP contribution in [0.3, 0.4) is 0 Å². The van der Waals surface area contributed by atoms with E-state index in [-0.39, 0.29) is 10.7 Å². The molecule has 1 aromatic heterocycles. The summed E-state index contributed by atoms with van der Waals surface area (Å²) in [6.07, 6.45) is 2.35. The predicted octanol–water partition coefficient (Wildman–Crippen LogP) is 1.76. The number of carbonyl (C=O) groups excluding carboxylic acids is 1. The first-order valence-corrected chi connectivity index (χ1v) is 7.66. The van der Waals surface area contributed by atoms with Crippen LogP contribution in [-0.4, -0.2) is 46.7 Å².